The SMILES string of the molecule is CC=C=C(c1ccccc1)C(NC)c1ccccc1. The van der Waals surface area contributed by atoms with Crippen molar-refractivity contribution in [2.24, 2.45) is 0 Å². The number of rotatable bonds is 4. The first kappa shape index (κ1) is 13.4. The maximum atomic E-state index is 3.38. The standard InChI is InChI=1S/C18H19N/c1-3-10-17(15-11-6-4-7-12-15)18(19-2)16-13-8-5-9-14-16/h3-9,11-14,18-19H,1-2H3. The van der Waals surface area contributed by atoms with Crippen molar-refractivity contribution in [2.45, 2.75) is 13.0 Å². The van der Waals surface area contributed by atoms with Crippen molar-refractivity contribution in [3.63, 3.8) is 0 Å². The van der Waals surface area contributed by atoms with Crippen LogP contribution in [0.5, 0.6) is 0 Å². The van der Waals surface area contributed by atoms with Gasteiger partial charge in [-0.05, 0) is 31.2 Å². The van der Waals surface area contributed by atoms with Crippen molar-refractivity contribution in [1.82, 2.24) is 5.32 Å². The van der Waals surface area contributed by atoms with E-state index in [1.54, 1.807) is 0 Å². The Balaban J connectivity index is 2.48. The van der Waals surface area contributed by atoms with Crippen LogP contribution in [0.15, 0.2) is 72.5 Å². The highest BCUT2D eigenvalue weighted by atomic mass is 14.9. The van der Waals surface area contributed by atoms with E-state index in [4.69, 9.17) is 0 Å². The molecule has 0 saturated carbocycles. The molecule has 1 N–H and O–H groups in total. The summed E-state index contributed by atoms with van der Waals surface area (Å²) < 4.78 is 0. The third kappa shape index (κ3) is 3.23. The largest absolute Gasteiger partial charge is 0.309 e. The summed E-state index contributed by atoms with van der Waals surface area (Å²) in [5.74, 6) is 0. The van der Waals surface area contributed by atoms with Crippen LogP contribution in [0, 0.1) is 0 Å². The van der Waals surface area contributed by atoms with Crippen LogP contribution in [0.4, 0.5) is 0 Å². The molecule has 0 saturated heterocycles. The van der Waals surface area contributed by atoms with Gasteiger partial charge in [0, 0.05) is 5.57 Å². The zero-order valence-electron chi connectivity index (χ0n) is 11.4. The van der Waals surface area contributed by atoms with Crippen LogP contribution < -0.4 is 5.32 Å². The lowest BCUT2D eigenvalue weighted by molar-refractivity contribution is 0.731. The number of hydrogen-bond donors (Lipinski definition) is 1. The van der Waals surface area contributed by atoms with Gasteiger partial charge in [-0.15, -0.1) is 5.73 Å². The predicted molar refractivity (Wildman–Crippen MR) is 81.8 cm³/mol. The highest BCUT2D eigenvalue weighted by Crippen LogP contribution is 2.28. The van der Waals surface area contributed by atoms with Crippen LogP contribution in [-0.4, -0.2) is 7.05 Å². The lowest BCUT2D eigenvalue weighted by Gasteiger charge is -2.19. The van der Waals surface area contributed by atoms with Gasteiger partial charge in [0.1, 0.15) is 0 Å². The van der Waals surface area contributed by atoms with Gasteiger partial charge in [-0.1, -0.05) is 60.7 Å². The van der Waals surface area contributed by atoms with Crippen molar-refractivity contribution < 1.29 is 0 Å². The van der Waals surface area contributed by atoms with Gasteiger partial charge < -0.3 is 5.32 Å². The minimum atomic E-state index is 0.153. The van der Waals surface area contributed by atoms with Crippen molar-refractivity contribution in [3.05, 3.63) is 83.6 Å². The van der Waals surface area contributed by atoms with Gasteiger partial charge in [0.2, 0.25) is 0 Å². The first-order chi connectivity index (χ1) is 9.36. The number of likely N-dealkylation sites (N-methyl/N-ethyl adjacent to an activating group) is 1. The summed E-state index contributed by atoms with van der Waals surface area (Å²) in [7, 11) is 1.98. The van der Waals surface area contributed by atoms with Crippen molar-refractivity contribution in [1.29, 1.82) is 0 Å². The second kappa shape index (κ2) is 6.75. The maximum Gasteiger partial charge on any atom is 0.0653 e. The van der Waals surface area contributed by atoms with Crippen LogP contribution in [0.1, 0.15) is 24.1 Å². The summed E-state index contributed by atoms with van der Waals surface area (Å²) in [5.41, 5.74) is 6.99. The number of benzene rings is 2. The van der Waals surface area contributed by atoms with Crippen molar-refractivity contribution >= 4 is 5.57 Å². The molecular weight excluding hydrogens is 230 g/mol. The summed E-state index contributed by atoms with van der Waals surface area (Å²) in [6, 6.07) is 21.0. The Morgan fingerprint density at radius 2 is 1.58 bits per heavy atom. The molecule has 1 atom stereocenters. The molecule has 0 aliphatic heterocycles. The molecule has 0 aromatic heterocycles. The van der Waals surface area contributed by atoms with E-state index in [2.05, 4.69) is 59.6 Å². The molecular formula is C18H19N. The van der Waals surface area contributed by atoms with E-state index in [1.165, 1.54) is 11.1 Å². The minimum Gasteiger partial charge on any atom is -0.309 e. The van der Waals surface area contributed by atoms with Gasteiger partial charge in [0.05, 0.1) is 6.04 Å². The van der Waals surface area contributed by atoms with Crippen LogP contribution in [-0.2, 0) is 0 Å². The molecule has 2 rings (SSSR count). The average molecular weight is 249 g/mol. The Hall–Kier alpha value is -2.08. The maximum absolute atomic E-state index is 3.38. The molecule has 2 aromatic carbocycles. The third-order valence-electron chi connectivity index (χ3n) is 3.09. The molecule has 1 heteroatoms. The first-order valence-corrected chi connectivity index (χ1v) is 6.55. The minimum absolute atomic E-state index is 0.153. The number of nitrogens with one attached hydrogen (secondary N) is 1. The third-order valence-corrected chi connectivity index (χ3v) is 3.09. The molecule has 19 heavy (non-hydrogen) atoms. The molecule has 0 heterocycles. The van der Waals surface area contributed by atoms with Crippen molar-refractivity contribution in [2.75, 3.05) is 7.05 Å². The quantitative estimate of drug-likeness (QED) is 0.800. The summed E-state index contributed by atoms with van der Waals surface area (Å²) in [6.07, 6.45) is 1.97. The fourth-order valence-corrected chi connectivity index (χ4v) is 2.23. The molecule has 2 aromatic rings. The molecule has 0 amide bonds. The van der Waals surface area contributed by atoms with Gasteiger partial charge in [-0.25, -0.2) is 0 Å². The normalized spacial score (nSPS) is 11.5. The van der Waals surface area contributed by atoms with Crippen LogP contribution in [0.2, 0.25) is 0 Å². The molecule has 0 radical (unpaired) electrons. The summed E-state index contributed by atoms with van der Waals surface area (Å²) in [5, 5.41) is 3.38. The molecule has 0 aliphatic carbocycles. The van der Waals surface area contributed by atoms with E-state index in [-0.39, 0.29) is 6.04 Å². The second-order valence-electron chi connectivity index (χ2n) is 4.35. The summed E-state index contributed by atoms with van der Waals surface area (Å²) >= 11 is 0. The molecule has 96 valence electrons. The van der Waals surface area contributed by atoms with Gasteiger partial charge in [0.15, 0.2) is 0 Å². The van der Waals surface area contributed by atoms with Gasteiger partial charge in [0.25, 0.3) is 0 Å². The van der Waals surface area contributed by atoms with Crippen LogP contribution in [0.3, 0.4) is 0 Å². The average Bonchev–Trinajstić information content (AvgIpc) is 2.49. The molecule has 0 spiro atoms. The van der Waals surface area contributed by atoms with Gasteiger partial charge in [-0.3, -0.25) is 0 Å². The Labute approximate surface area is 115 Å². The van der Waals surface area contributed by atoms with E-state index in [9.17, 15) is 0 Å². The van der Waals surface area contributed by atoms with Gasteiger partial charge >= 0.3 is 0 Å². The lowest BCUT2D eigenvalue weighted by Crippen LogP contribution is -2.17. The zero-order chi connectivity index (χ0) is 13.5. The fraction of sp³-hybridized carbons (Fsp3) is 0.167. The highest BCUT2D eigenvalue weighted by molar-refractivity contribution is 5.70. The van der Waals surface area contributed by atoms with Crippen LogP contribution >= 0.6 is 0 Å². The Kier molecular flexibility index (Phi) is 4.74. The fourth-order valence-electron chi connectivity index (χ4n) is 2.23. The van der Waals surface area contributed by atoms with Gasteiger partial charge in [-0.2, -0.15) is 0 Å². The van der Waals surface area contributed by atoms with Crippen LogP contribution in [0.25, 0.3) is 5.57 Å². The van der Waals surface area contributed by atoms with Crippen molar-refractivity contribution in [3.8, 4) is 0 Å². The zero-order valence-corrected chi connectivity index (χ0v) is 11.4. The smallest absolute Gasteiger partial charge is 0.0653 e. The first-order valence-electron chi connectivity index (χ1n) is 6.55. The van der Waals surface area contributed by atoms with E-state index >= 15 is 0 Å². The highest BCUT2D eigenvalue weighted by Gasteiger charge is 2.15. The van der Waals surface area contributed by atoms with E-state index in [0.717, 1.165) is 5.57 Å². The Morgan fingerprint density at radius 1 is 1.00 bits per heavy atom. The topological polar surface area (TPSA) is 12.0 Å². The monoisotopic (exact) mass is 249 g/mol. The molecule has 0 aliphatic rings. The van der Waals surface area contributed by atoms with E-state index in [1.807, 2.05) is 32.2 Å². The summed E-state index contributed by atoms with van der Waals surface area (Å²) in [4.78, 5) is 0. The predicted octanol–water partition coefficient (Wildman–Crippen LogP) is 4.21. The molecule has 0 bridgehead atoms. The van der Waals surface area contributed by atoms with E-state index in [0.29, 0.717) is 0 Å². The lowest BCUT2D eigenvalue weighted by atomic mass is 9.93. The second-order valence-corrected chi connectivity index (χ2v) is 4.35. The number of hydrogen-bond acceptors (Lipinski definition) is 1. The molecule has 1 unspecified atom stereocenters. The Bertz CT molecular complexity index is 563. The molecule has 0 fully saturated rings. The Morgan fingerprint density at radius 3 is 2.11 bits per heavy atom. The van der Waals surface area contributed by atoms with E-state index < -0.39 is 0 Å². The summed E-state index contributed by atoms with van der Waals surface area (Å²) in [6.45, 7) is 2.00. The molecule has 1 nitrogen and oxygen atoms in total.